The Hall–Kier alpha value is -1.29. The summed E-state index contributed by atoms with van der Waals surface area (Å²) < 4.78 is 23.6. The van der Waals surface area contributed by atoms with Crippen molar-refractivity contribution in [2.75, 3.05) is 5.75 Å². The van der Waals surface area contributed by atoms with E-state index in [-0.39, 0.29) is 5.75 Å². The first-order chi connectivity index (χ1) is 7.13. The zero-order chi connectivity index (χ0) is 10.9. The van der Waals surface area contributed by atoms with E-state index in [2.05, 4.69) is 4.98 Å². The summed E-state index contributed by atoms with van der Waals surface area (Å²) in [7, 11) is -3.09. The Morgan fingerprint density at radius 2 is 2.07 bits per heavy atom. The molecule has 0 fully saturated rings. The van der Waals surface area contributed by atoms with Crippen LogP contribution in [0.5, 0.6) is 0 Å². The molecule has 0 aliphatic heterocycles. The number of hydrogen-bond acceptors (Lipinski definition) is 2. The van der Waals surface area contributed by atoms with Crippen molar-refractivity contribution in [3.63, 3.8) is 0 Å². The highest BCUT2D eigenvalue weighted by atomic mass is 32.2. The van der Waals surface area contributed by atoms with Crippen LogP contribution in [-0.2, 0) is 9.84 Å². The van der Waals surface area contributed by atoms with Gasteiger partial charge in [0, 0.05) is 17.1 Å². The maximum atomic E-state index is 11.8. The molecule has 0 amide bonds. The van der Waals surface area contributed by atoms with Crippen LogP contribution in [0.4, 0.5) is 0 Å². The summed E-state index contributed by atoms with van der Waals surface area (Å²) in [5.41, 5.74) is 0.963. The molecule has 0 unspecified atom stereocenters. The molecular formula is C11H13NO2S. The van der Waals surface area contributed by atoms with Gasteiger partial charge in [0.25, 0.3) is 0 Å². The fourth-order valence-corrected chi connectivity index (χ4v) is 2.97. The van der Waals surface area contributed by atoms with Crippen molar-refractivity contribution in [1.82, 2.24) is 4.98 Å². The number of fused-ring (bicyclic) bond motifs is 1. The summed E-state index contributed by atoms with van der Waals surface area (Å²) in [4.78, 5) is 3.45. The fraction of sp³-hybridized carbons (Fsp3) is 0.273. The molecule has 0 atom stereocenters. The van der Waals surface area contributed by atoms with Crippen LogP contribution in [0.3, 0.4) is 0 Å². The molecule has 0 aliphatic carbocycles. The maximum Gasteiger partial charge on any atom is 0.178 e. The number of H-pyrrole nitrogens is 1. The minimum absolute atomic E-state index is 0.211. The number of aromatic nitrogens is 1. The van der Waals surface area contributed by atoms with Crippen molar-refractivity contribution in [3.05, 3.63) is 30.5 Å². The van der Waals surface area contributed by atoms with Gasteiger partial charge in [-0.05, 0) is 30.7 Å². The predicted molar refractivity (Wildman–Crippen MR) is 60.6 cm³/mol. The average molecular weight is 223 g/mol. The third-order valence-corrected chi connectivity index (χ3v) is 4.27. The Balaban J connectivity index is 2.52. The first-order valence-electron chi connectivity index (χ1n) is 4.93. The van der Waals surface area contributed by atoms with Crippen LogP contribution in [-0.4, -0.2) is 19.2 Å². The number of nitrogens with one attached hydrogen (secondary N) is 1. The van der Waals surface area contributed by atoms with E-state index in [4.69, 9.17) is 0 Å². The zero-order valence-corrected chi connectivity index (χ0v) is 9.34. The zero-order valence-electron chi connectivity index (χ0n) is 8.53. The van der Waals surface area contributed by atoms with Crippen molar-refractivity contribution in [2.45, 2.75) is 18.2 Å². The maximum absolute atomic E-state index is 11.8. The molecule has 0 aliphatic rings. The SMILES string of the molecule is CCCS(=O)(=O)c1ccc2[nH]ccc2c1. The molecule has 1 aromatic heterocycles. The molecule has 2 aromatic rings. The minimum Gasteiger partial charge on any atom is -0.361 e. The summed E-state index contributed by atoms with van der Waals surface area (Å²) >= 11 is 0. The second kappa shape index (κ2) is 3.70. The number of aromatic amines is 1. The molecule has 0 saturated heterocycles. The van der Waals surface area contributed by atoms with E-state index >= 15 is 0 Å². The van der Waals surface area contributed by atoms with Crippen LogP contribution in [0.25, 0.3) is 10.9 Å². The third-order valence-electron chi connectivity index (χ3n) is 2.36. The van der Waals surface area contributed by atoms with Crippen LogP contribution in [0, 0.1) is 0 Å². The molecule has 0 saturated carbocycles. The van der Waals surface area contributed by atoms with Crippen LogP contribution in [0.2, 0.25) is 0 Å². The first-order valence-corrected chi connectivity index (χ1v) is 6.58. The second-order valence-electron chi connectivity index (χ2n) is 3.55. The summed E-state index contributed by atoms with van der Waals surface area (Å²) in [5.74, 6) is 0.211. The minimum atomic E-state index is -3.09. The average Bonchev–Trinajstić information content (AvgIpc) is 2.63. The molecule has 1 heterocycles. The van der Waals surface area contributed by atoms with Gasteiger partial charge in [0.15, 0.2) is 9.84 Å². The van der Waals surface area contributed by atoms with Gasteiger partial charge in [-0.25, -0.2) is 8.42 Å². The van der Waals surface area contributed by atoms with E-state index < -0.39 is 9.84 Å². The van der Waals surface area contributed by atoms with Gasteiger partial charge < -0.3 is 4.98 Å². The van der Waals surface area contributed by atoms with Gasteiger partial charge in [-0.15, -0.1) is 0 Å². The highest BCUT2D eigenvalue weighted by molar-refractivity contribution is 7.91. The highest BCUT2D eigenvalue weighted by Gasteiger charge is 2.13. The number of hydrogen-bond donors (Lipinski definition) is 1. The van der Waals surface area contributed by atoms with Crippen LogP contribution in [0.1, 0.15) is 13.3 Å². The van der Waals surface area contributed by atoms with Crippen LogP contribution < -0.4 is 0 Å². The monoisotopic (exact) mass is 223 g/mol. The Morgan fingerprint density at radius 3 is 2.80 bits per heavy atom. The topological polar surface area (TPSA) is 49.9 Å². The van der Waals surface area contributed by atoms with Crippen molar-refractivity contribution in [1.29, 1.82) is 0 Å². The molecule has 15 heavy (non-hydrogen) atoms. The largest absolute Gasteiger partial charge is 0.361 e. The van der Waals surface area contributed by atoms with Gasteiger partial charge in [-0.3, -0.25) is 0 Å². The molecule has 1 N–H and O–H groups in total. The third kappa shape index (κ3) is 1.90. The second-order valence-corrected chi connectivity index (χ2v) is 5.65. The van der Waals surface area contributed by atoms with Gasteiger partial charge in [0.05, 0.1) is 10.6 Å². The van der Waals surface area contributed by atoms with Crippen LogP contribution in [0.15, 0.2) is 35.4 Å². The Morgan fingerprint density at radius 1 is 1.27 bits per heavy atom. The number of rotatable bonds is 3. The summed E-state index contributed by atoms with van der Waals surface area (Å²) in [6, 6.07) is 7.05. The standard InChI is InChI=1S/C11H13NO2S/c1-2-7-15(13,14)10-3-4-11-9(8-10)5-6-12-11/h3-6,8,12H,2,7H2,1H3. The Kier molecular flexibility index (Phi) is 2.52. The summed E-state index contributed by atoms with van der Waals surface area (Å²) in [5, 5.41) is 0.937. The normalized spacial score (nSPS) is 12.1. The van der Waals surface area contributed by atoms with E-state index in [0.717, 1.165) is 10.9 Å². The fourth-order valence-electron chi connectivity index (χ4n) is 1.61. The molecule has 3 nitrogen and oxygen atoms in total. The molecule has 2 rings (SSSR count). The van der Waals surface area contributed by atoms with E-state index in [9.17, 15) is 8.42 Å². The van der Waals surface area contributed by atoms with E-state index in [0.29, 0.717) is 11.3 Å². The number of benzene rings is 1. The van der Waals surface area contributed by atoms with Gasteiger partial charge in [0.1, 0.15) is 0 Å². The first kappa shape index (κ1) is 10.2. The highest BCUT2D eigenvalue weighted by Crippen LogP contribution is 2.19. The molecule has 0 bridgehead atoms. The van der Waals surface area contributed by atoms with Crippen molar-refractivity contribution >= 4 is 20.7 Å². The lowest BCUT2D eigenvalue weighted by Gasteiger charge is -2.02. The number of sulfone groups is 1. The predicted octanol–water partition coefficient (Wildman–Crippen LogP) is 2.35. The summed E-state index contributed by atoms with van der Waals surface area (Å²) in [6.07, 6.45) is 2.45. The van der Waals surface area contributed by atoms with Crippen molar-refractivity contribution in [2.24, 2.45) is 0 Å². The Labute approximate surface area is 89.0 Å². The van der Waals surface area contributed by atoms with Gasteiger partial charge in [-0.2, -0.15) is 0 Å². The lowest BCUT2D eigenvalue weighted by Crippen LogP contribution is -2.05. The molecule has 0 radical (unpaired) electrons. The van der Waals surface area contributed by atoms with Crippen molar-refractivity contribution in [3.8, 4) is 0 Å². The Bertz CT molecular complexity index is 569. The molecule has 0 spiro atoms. The smallest absolute Gasteiger partial charge is 0.178 e. The van der Waals surface area contributed by atoms with Crippen molar-refractivity contribution < 1.29 is 8.42 Å². The molecular weight excluding hydrogens is 210 g/mol. The quantitative estimate of drug-likeness (QED) is 0.868. The van der Waals surface area contributed by atoms with Gasteiger partial charge in [-0.1, -0.05) is 6.92 Å². The lowest BCUT2D eigenvalue weighted by atomic mass is 10.2. The molecule has 80 valence electrons. The van der Waals surface area contributed by atoms with Gasteiger partial charge in [0.2, 0.25) is 0 Å². The van der Waals surface area contributed by atoms with E-state index in [1.54, 1.807) is 24.4 Å². The van der Waals surface area contributed by atoms with Gasteiger partial charge >= 0.3 is 0 Å². The lowest BCUT2D eigenvalue weighted by molar-refractivity contribution is 0.595. The molecule has 1 aromatic carbocycles. The van der Waals surface area contributed by atoms with E-state index in [1.165, 1.54) is 0 Å². The summed E-state index contributed by atoms with van der Waals surface area (Å²) in [6.45, 7) is 1.87. The van der Waals surface area contributed by atoms with E-state index in [1.807, 2.05) is 13.0 Å². The molecule has 4 heteroatoms. The van der Waals surface area contributed by atoms with Crippen LogP contribution >= 0.6 is 0 Å².